The van der Waals surface area contributed by atoms with Crippen LogP contribution >= 0.6 is 11.6 Å². The van der Waals surface area contributed by atoms with Crippen molar-refractivity contribution in [2.75, 3.05) is 31.2 Å². The van der Waals surface area contributed by atoms with Crippen molar-refractivity contribution in [2.45, 2.75) is 32.7 Å². The molecule has 4 heterocycles. The number of fused-ring (bicyclic) bond motifs is 1. The van der Waals surface area contributed by atoms with Crippen LogP contribution in [0.5, 0.6) is 0 Å². The molecule has 152 valence electrons. The van der Waals surface area contributed by atoms with E-state index in [1.54, 1.807) is 6.07 Å². The minimum Gasteiger partial charge on any atom is -0.380 e. The second kappa shape index (κ2) is 6.41. The fraction of sp³-hybridized carbons (Fsp3) is 0.455. The van der Waals surface area contributed by atoms with Crippen molar-refractivity contribution >= 4 is 28.5 Å². The van der Waals surface area contributed by atoms with Gasteiger partial charge in [-0.3, -0.25) is 0 Å². The summed E-state index contributed by atoms with van der Waals surface area (Å²) in [7, 11) is 0. The first-order chi connectivity index (χ1) is 13.7. The average Bonchev–Trinajstić information content (AvgIpc) is 2.97. The van der Waals surface area contributed by atoms with Crippen LogP contribution in [-0.2, 0) is 16.7 Å². The molecule has 2 fully saturated rings. The van der Waals surface area contributed by atoms with Gasteiger partial charge in [0.2, 0.25) is 0 Å². The molecule has 29 heavy (non-hydrogen) atoms. The number of hydrogen-bond donors (Lipinski definition) is 0. The van der Waals surface area contributed by atoms with Crippen LogP contribution in [0.1, 0.15) is 32.2 Å². The standard InChI is InChI=1S/C22H24ClFN4O/c1-21(2,3)20-25-18-16(19(26-20)28-10-22(11-28)12-29-13-22)6-7-27(18)9-14-4-5-15(24)8-17(14)23/h4-8H,9-13H2,1-3H3. The lowest BCUT2D eigenvalue weighted by Gasteiger charge is -2.55. The summed E-state index contributed by atoms with van der Waals surface area (Å²) in [6.07, 6.45) is 2.01. The van der Waals surface area contributed by atoms with E-state index in [0.29, 0.717) is 17.0 Å². The maximum atomic E-state index is 13.4. The normalized spacial score (nSPS) is 18.2. The predicted molar refractivity (Wildman–Crippen MR) is 112 cm³/mol. The van der Waals surface area contributed by atoms with Gasteiger partial charge in [-0.2, -0.15) is 0 Å². The predicted octanol–water partition coefficient (Wildman–Crippen LogP) is 4.41. The van der Waals surface area contributed by atoms with Crippen molar-refractivity contribution in [1.82, 2.24) is 14.5 Å². The summed E-state index contributed by atoms with van der Waals surface area (Å²) in [4.78, 5) is 12.2. The van der Waals surface area contributed by atoms with E-state index < -0.39 is 0 Å². The molecule has 0 N–H and O–H groups in total. The topological polar surface area (TPSA) is 43.2 Å². The molecule has 1 spiro atoms. The van der Waals surface area contributed by atoms with Gasteiger partial charge in [-0.15, -0.1) is 0 Å². The van der Waals surface area contributed by atoms with Crippen molar-refractivity contribution in [1.29, 1.82) is 0 Å². The van der Waals surface area contributed by atoms with E-state index in [9.17, 15) is 4.39 Å². The van der Waals surface area contributed by atoms with Crippen molar-refractivity contribution in [2.24, 2.45) is 5.41 Å². The van der Waals surface area contributed by atoms with E-state index in [0.717, 1.165) is 54.5 Å². The first kappa shape index (κ1) is 18.8. The molecule has 0 saturated carbocycles. The molecule has 5 rings (SSSR count). The molecular formula is C22H24ClFN4O. The van der Waals surface area contributed by atoms with E-state index in [4.69, 9.17) is 26.3 Å². The highest BCUT2D eigenvalue weighted by Crippen LogP contribution is 2.42. The number of benzene rings is 1. The maximum Gasteiger partial charge on any atom is 0.146 e. The molecule has 7 heteroatoms. The molecule has 3 aromatic rings. The Kier molecular flexibility index (Phi) is 4.16. The SMILES string of the molecule is CC(C)(C)c1nc(N2CC3(COC3)C2)c2ccn(Cc3ccc(F)cc3Cl)c2n1. The van der Waals surface area contributed by atoms with Gasteiger partial charge in [0.05, 0.1) is 30.6 Å². The first-order valence-corrected chi connectivity index (χ1v) is 10.3. The van der Waals surface area contributed by atoms with Crippen LogP contribution in [0.3, 0.4) is 0 Å². The van der Waals surface area contributed by atoms with E-state index >= 15 is 0 Å². The number of nitrogens with zero attached hydrogens (tertiary/aromatic N) is 4. The summed E-state index contributed by atoms with van der Waals surface area (Å²) in [5.74, 6) is 1.47. The van der Waals surface area contributed by atoms with Gasteiger partial charge >= 0.3 is 0 Å². The molecule has 5 nitrogen and oxygen atoms in total. The summed E-state index contributed by atoms with van der Waals surface area (Å²) < 4.78 is 20.9. The lowest BCUT2D eigenvalue weighted by Crippen LogP contribution is -2.66. The zero-order chi connectivity index (χ0) is 20.4. The zero-order valence-electron chi connectivity index (χ0n) is 16.9. The first-order valence-electron chi connectivity index (χ1n) is 9.88. The lowest BCUT2D eigenvalue weighted by molar-refractivity contribution is -0.127. The molecule has 1 aromatic carbocycles. The summed E-state index contributed by atoms with van der Waals surface area (Å²) in [5.41, 5.74) is 1.88. The minimum atomic E-state index is -0.331. The zero-order valence-corrected chi connectivity index (χ0v) is 17.6. The van der Waals surface area contributed by atoms with Gasteiger partial charge in [-0.1, -0.05) is 38.4 Å². The summed E-state index contributed by atoms with van der Waals surface area (Å²) in [6, 6.07) is 6.58. The molecule has 2 aliphatic heterocycles. The molecule has 0 radical (unpaired) electrons. The Hall–Kier alpha value is -2.18. The third kappa shape index (κ3) is 3.19. The van der Waals surface area contributed by atoms with Gasteiger partial charge in [0.1, 0.15) is 23.1 Å². The maximum absolute atomic E-state index is 13.4. The van der Waals surface area contributed by atoms with Gasteiger partial charge < -0.3 is 14.2 Å². The van der Waals surface area contributed by atoms with E-state index in [-0.39, 0.29) is 11.2 Å². The summed E-state index contributed by atoms with van der Waals surface area (Å²) in [6.45, 7) is 10.5. The smallest absolute Gasteiger partial charge is 0.146 e. The number of ether oxygens (including phenoxy) is 1. The van der Waals surface area contributed by atoms with Crippen molar-refractivity contribution in [3.8, 4) is 0 Å². The van der Waals surface area contributed by atoms with E-state index in [2.05, 4.69) is 36.3 Å². The third-order valence-corrected chi connectivity index (χ3v) is 6.15. The Labute approximate surface area is 174 Å². The van der Waals surface area contributed by atoms with Crippen molar-refractivity contribution < 1.29 is 9.13 Å². The quantitative estimate of drug-likeness (QED) is 0.636. The lowest BCUT2D eigenvalue weighted by atomic mass is 9.78. The minimum absolute atomic E-state index is 0.173. The largest absolute Gasteiger partial charge is 0.380 e. The van der Waals surface area contributed by atoms with Crippen LogP contribution in [0.4, 0.5) is 10.2 Å². The molecule has 0 amide bonds. The van der Waals surface area contributed by atoms with Crippen LogP contribution in [0.2, 0.25) is 5.02 Å². The van der Waals surface area contributed by atoms with Crippen molar-refractivity contribution in [3.05, 3.63) is 52.7 Å². The van der Waals surface area contributed by atoms with Crippen LogP contribution in [0, 0.1) is 11.2 Å². The Bertz CT molecular complexity index is 1090. The highest BCUT2D eigenvalue weighted by Gasteiger charge is 2.50. The number of rotatable bonds is 3. The van der Waals surface area contributed by atoms with Crippen LogP contribution in [0.25, 0.3) is 11.0 Å². The molecule has 2 aliphatic rings. The fourth-order valence-electron chi connectivity index (χ4n) is 4.07. The Morgan fingerprint density at radius 1 is 1.17 bits per heavy atom. The van der Waals surface area contributed by atoms with E-state index in [1.165, 1.54) is 12.1 Å². The number of aromatic nitrogens is 3. The van der Waals surface area contributed by atoms with Crippen molar-refractivity contribution in [3.63, 3.8) is 0 Å². The molecular weight excluding hydrogens is 391 g/mol. The number of hydrogen-bond acceptors (Lipinski definition) is 4. The Morgan fingerprint density at radius 3 is 2.55 bits per heavy atom. The third-order valence-electron chi connectivity index (χ3n) is 5.79. The van der Waals surface area contributed by atoms with Gasteiger partial charge in [0.15, 0.2) is 0 Å². The molecule has 0 bridgehead atoms. The fourth-order valence-corrected chi connectivity index (χ4v) is 4.30. The molecule has 0 unspecified atom stereocenters. The van der Waals surface area contributed by atoms with E-state index in [1.807, 2.05) is 6.20 Å². The summed E-state index contributed by atoms with van der Waals surface area (Å²) in [5, 5.41) is 1.46. The highest BCUT2D eigenvalue weighted by atomic mass is 35.5. The van der Waals surface area contributed by atoms with Gasteiger partial charge in [0.25, 0.3) is 0 Å². The highest BCUT2D eigenvalue weighted by molar-refractivity contribution is 6.31. The number of anilines is 1. The average molecular weight is 415 g/mol. The second-order valence-corrected chi connectivity index (χ2v) is 9.79. The van der Waals surface area contributed by atoms with Gasteiger partial charge in [-0.25, -0.2) is 14.4 Å². The second-order valence-electron chi connectivity index (χ2n) is 9.39. The summed E-state index contributed by atoms with van der Waals surface area (Å²) >= 11 is 6.26. The monoisotopic (exact) mass is 414 g/mol. The molecule has 0 aliphatic carbocycles. The van der Waals surface area contributed by atoms with Gasteiger partial charge in [-0.05, 0) is 23.8 Å². The van der Waals surface area contributed by atoms with Crippen LogP contribution in [0.15, 0.2) is 30.5 Å². The molecule has 2 aromatic heterocycles. The number of halogens is 2. The Morgan fingerprint density at radius 2 is 1.93 bits per heavy atom. The van der Waals surface area contributed by atoms with Gasteiger partial charge in [0, 0.05) is 29.7 Å². The van der Waals surface area contributed by atoms with Crippen LogP contribution < -0.4 is 4.90 Å². The molecule has 0 atom stereocenters. The van der Waals surface area contributed by atoms with Crippen LogP contribution in [-0.4, -0.2) is 40.8 Å². The molecule has 2 saturated heterocycles. The Balaban J connectivity index is 1.57.